The van der Waals surface area contributed by atoms with E-state index in [9.17, 15) is 4.79 Å². The van der Waals surface area contributed by atoms with Crippen molar-refractivity contribution in [1.29, 1.82) is 0 Å². The molecular formula is C11H15NO2. The Labute approximate surface area is 83.7 Å². The quantitative estimate of drug-likeness (QED) is 0.554. The van der Waals surface area contributed by atoms with Crippen LogP contribution in [-0.2, 0) is 0 Å². The maximum absolute atomic E-state index is 11.8. The summed E-state index contributed by atoms with van der Waals surface area (Å²) in [5, 5.41) is 8.56. The van der Waals surface area contributed by atoms with Crippen LogP contribution >= 0.6 is 0 Å². The number of hydrogen-bond acceptors (Lipinski definition) is 3. The summed E-state index contributed by atoms with van der Waals surface area (Å²) in [4.78, 5) is 11.8. The first-order valence-electron chi connectivity index (χ1n) is 4.75. The topological polar surface area (TPSA) is 49.3 Å². The molecule has 0 bridgehead atoms. The molecule has 76 valence electrons. The normalized spacial score (nSPS) is 12.4. The van der Waals surface area contributed by atoms with Crippen molar-refractivity contribution in [1.82, 2.24) is 5.48 Å². The number of hydroxylamine groups is 1. The number of carbonyl (C=O) groups is 1. The van der Waals surface area contributed by atoms with Gasteiger partial charge in [-0.1, -0.05) is 37.3 Å². The fourth-order valence-corrected chi connectivity index (χ4v) is 1.37. The molecule has 1 aromatic carbocycles. The second-order valence-corrected chi connectivity index (χ2v) is 3.20. The Bertz CT molecular complexity index is 285. The number of nitrogens with one attached hydrogen (secondary N) is 1. The molecule has 1 rings (SSSR count). The SMILES string of the molecule is CCC(CNO)C(=O)c1ccccc1. The van der Waals surface area contributed by atoms with Crippen LogP contribution in [0.3, 0.4) is 0 Å². The van der Waals surface area contributed by atoms with Gasteiger partial charge in [-0.15, -0.1) is 0 Å². The molecule has 0 fully saturated rings. The highest BCUT2D eigenvalue weighted by Gasteiger charge is 2.16. The predicted octanol–water partition coefficient (Wildman–Crippen LogP) is 1.87. The van der Waals surface area contributed by atoms with Gasteiger partial charge in [0.2, 0.25) is 0 Å². The lowest BCUT2D eigenvalue weighted by Gasteiger charge is -2.11. The van der Waals surface area contributed by atoms with E-state index < -0.39 is 0 Å². The average Bonchev–Trinajstić information content (AvgIpc) is 2.26. The van der Waals surface area contributed by atoms with E-state index in [-0.39, 0.29) is 11.7 Å². The zero-order valence-electron chi connectivity index (χ0n) is 8.23. The van der Waals surface area contributed by atoms with Gasteiger partial charge in [-0.05, 0) is 6.42 Å². The Morgan fingerprint density at radius 1 is 1.43 bits per heavy atom. The van der Waals surface area contributed by atoms with E-state index in [4.69, 9.17) is 5.21 Å². The lowest BCUT2D eigenvalue weighted by Crippen LogP contribution is -2.26. The molecule has 0 heterocycles. The minimum atomic E-state index is -0.151. The highest BCUT2D eigenvalue weighted by Crippen LogP contribution is 2.11. The summed E-state index contributed by atoms with van der Waals surface area (Å²) in [6.07, 6.45) is 0.723. The first kappa shape index (κ1) is 10.9. The molecule has 0 spiro atoms. The molecule has 0 aliphatic heterocycles. The number of ketones is 1. The van der Waals surface area contributed by atoms with Gasteiger partial charge in [0, 0.05) is 18.0 Å². The maximum atomic E-state index is 11.8. The summed E-state index contributed by atoms with van der Waals surface area (Å²) < 4.78 is 0. The van der Waals surface area contributed by atoms with Crippen LogP contribution in [0.5, 0.6) is 0 Å². The summed E-state index contributed by atoms with van der Waals surface area (Å²) in [6, 6.07) is 9.14. The predicted molar refractivity (Wildman–Crippen MR) is 54.3 cm³/mol. The van der Waals surface area contributed by atoms with Crippen LogP contribution in [0.2, 0.25) is 0 Å². The van der Waals surface area contributed by atoms with Crippen molar-refractivity contribution in [3.63, 3.8) is 0 Å². The van der Waals surface area contributed by atoms with Gasteiger partial charge in [-0.25, -0.2) is 5.48 Å². The van der Waals surface area contributed by atoms with Gasteiger partial charge in [-0.3, -0.25) is 4.79 Å². The third kappa shape index (κ3) is 2.65. The van der Waals surface area contributed by atoms with Crippen molar-refractivity contribution < 1.29 is 10.0 Å². The van der Waals surface area contributed by atoms with Crippen LogP contribution < -0.4 is 5.48 Å². The van der Waals surface area contributed by atoms with Gasteiger partial charge >= 0.3 is 0 Å². The molecule has 14 heavy (non-hydrogen) atoms. The number of hydrogen-bond donors (Lipinski definition) is 2. The third-order valence-electron chi connectivity index (χ3n) is 2.26. The smallest absolute Gasteiger partial charge is 0.167 e. The van der Waals surface area contributed by atoms with Crippen LogP contribution in [0.1, 0.15) is 23.7 Å². The Morgan fingerprint density at radius 2 is 2.07 bits per heavy atom. The van der Waals surface area contributed by atoms with Crippen molar-refractivity contribution >= 4 is 5.78 Å². The first-order valence-corrected chi connectivity index (χ1v) is 4.75. The summed E-state index contributed by atoms with van der Waals surface area (Å²) in [5.74, 6) is -0.0722. The van der Waals surface area contributed by atoms with Crippen LogP contribution in [0, 0.1) is 5.92 Å². The lowest BCUT2D eigenvalue weighted by molar-refractivity contribution is 0.0851. The van der Waals surface area contributed by atoms with Crippen molar-refractivity contribution in [2.75, 3.05) is 6.54 Å². The van der Waals surface area contributed by atoms with Crippen molar-refractivity contribution in [2.24, 2.45) is 5.92 Å². The molecule has 0 aliphatic carbocycles. The molecule has 0 saturated carbocycles. The summed E-state index contributed by atoms with van der Waals surface area (Å²) in [5.41, 5.74) is 2.75. The van der Waals surface area contributed by atoms with Gasteiger partial charge in [-0.2, -0.15) is 0 Å². The second-order valence-electron chi connectivity index (χ2n) is 3.20. The fraction of sp³-hybridized carbons (Fsp3) is 0.364. The monoisotopic (exact) mass is 193 g/mol. The maximum Gasteiger partial charge on any atom is 0.167 e. The van der Waals surface area contributed by atoms with Crippen LogP contribution in [0.4, 0.5) is 0 Å². The van der Waals surface area contributed by atoms with E-state index in [0.717, 1.165) is 6.42 Å². The summed E-state index contributed by atoms with van der Waals surface area (Å²) in [7, 11) is 0. The first-order chi connectivity index (χ1) is 6.79. The Kier molecular flexibility index (Phi) is 4.29. The van der Waals surface area contributed by atoms with Crippen molar-refractivity contribution in [3.8, 4) is 0 Å². The molecule has 0 radical (unpaired) electrons. The van der Waals surface area contributed by atoms with E-state index in [2.05, 4.69) is 0 Å². The number of benzene rings is 1. The Balaban J connectivity index is 2.73. The Morgan fingerprint density at radius 3 is 2.57 bits per heavy atom. The molecule has 2 N–H and O–H groups in total. The number of carbonyl (C=O) groups excluding carboxylic acids is 1. The van der Waals surface area contributed by atoms with Crippen LogP contribution in [-0.4, -0.2) is 17.5 Å². The second kappa shape index (κ2) is 5.52. The van der Waals surface area contributed by atoms with Gasteiger partial charge in [0.15, 0.2) is 5.78 Å². The standard InChI is InChI=1S/C11H15NO2/c1-2-9(8-12-14)11(13)10-6-4-3-5-7-10/h3-7,9,12,14H,2,8H2,1H3. The van der Waals surface area contributed by atoms with Crippen LogP contribution in [0.15, 0.2) is 30.3 Å². The van der Waals surface area contributed by atoms with Crippen molar-refractivity contribution in [3.05, 3.63) is 35.9 Å². The minimum Gasteiger partial charge on any atom is -0.317 e. The summed E-state index contributed by atoms with van der Waals surface area (Å²) in [6.45, 7) is 2.24. The average molecular weight is 193 g/mol. The lowest BCUT2D eigenvalue weighted by atomic mass is 9.95. The van der Waals surface area contributed by atoms with E-state index in [1.807, 2.05) is 30.6 Å². The highest BCUT2D eigenvalue weighted by molar-refractivity contribution is 5.97. The number of Topliss-reactive ketones (excluding diaryl/α,β-unsaturated/α-hetero) is 1. The molecule has 0 amide bonds. The molecule has 1 aromatic rings. The molecule has 3 nitrogen and oxygen atoms in total. The fourth-order valence-electron chi connectivity index (χ4n) is 1.37. The molecule has 1 atom stereocenters. The van der Waals surface area contributed by atoms with Gasteiger partial charge < -0.3 is 5.21 Å². The molecule has 0 saturated heterocycles. The van der Waals surface area contributed by atoms with Gasteiger partial charge in [0.25, 0.3) is 0 Å². The van der Waals surface area contributed by atoms with Gasteiger partial charge in [0.05, 0.1) is 0 Å². The summed E-state index contributed by atoms with van der Waals surface area (Å²) >= 11 is 0. The minimum absolute atomic E-state index is 0.0784. The highest BCUT2D eigenvalue weighted by atomic mass is 16.5. The molecule has 1 unspecified atom stereocenters. The molecule has 0 aliphatic rings. The van der Waals surface area contributed by atoms with E-state index in [0.29, 0.717) is 12.1 Å². The third-order valence-corrected chi connectivity index (χ3v) is 2.26. The molecule has 0 aromatic heterocycles. The van der Waals surface area contributed by atoms with Crippen LogP contribution in [0.25, 0.3) is 0 Å². The van der Waals surface area contributed by atoms with E-state index in [1.54, 1.807) is 12.1 Å². The number of rotatable bonds is 5. The zero-order valence-corrected chi connectivity index (χ0v) is 8.23. The van der Waals surface area contributed by atoms with E-state index >= 15 is 0 Å². The molecular weight excluding hydrogens is 178 g/mol. The largest absolute Gasteiger partial charge is 0.317 e. The van der Waals surface area contributed by atoms with E-state index in [1.165, 1.54) is 0 Å². The Hall–Kier alpha value is -1.19. The van der Waals surface area contributed by atoms with Gasteiger partial charge in [0.1, 0.15) is 0 Å². The molecule has 3 heteroatoms. The van der Waals surface area contributed by atoms with Crippen molar-refractivity contribution in [2.45, 2.75) is 13.3 Å². The zero-order chi connectivity index (χ0) is 10.4.